The van der Waals surface area contributed by atoms with E-state index < -0.39 is 6.10 Å². The molecule has 0 aliphatic heterocycles. The largest absolute Gasteiger partial charge is 0.387 e. The van der Waals surface area contributed by atoms with Gasteiger partial charge in [0.1, 0.15) is 0 Å². The number of hydrogen-bond acceptors (Lipinski definition) is 2. The Balaban J connectivity index is 2.33. The van der Waals surface area contributed by atoms with Gasteiger partial charge in [-0.15, -0.1) is 0 Å². The zero-order chi connectivity index (χ0) is 14.1. The first-order chi connectivity index (χ1) is 9.72. The summed E-state index contributed by atoms with van der Waals surface area (Å²) in [5, 5.41) is 10.3. The van der Waals surface area contributed by atoms with Gasteiger partial charge in [-0.3, -0.25) is 4.40 Å². The molecule has 2 aromatic heterocycles. The molecular formula is C16H15FN2O. The SMILES string of the molecule is CCC(O)c1c(-c2ccccc2)nc2c(F)cccn12. The maximum atomic E-state index is 13.9. The highest BCUT2D eigenvalue weighted by molar-refractivity contribution is 5.67. The molecule has 0 bridgehead atoms. The molecule has 0 fully saturated rings. The van der Waals surface area contributed by atoms with Crippen molar-refractivity contribution >= 4 is 5.65 Å². The molecular weight excluding hydrogens is 255 g/mol. The predicted molar refractivity (Wildman–Crippen MR) is 75.8 cm³/mol. The minimum absolute atomic E-state index is 0.244. The summed E-state index contributed by atoms with van der Waals surface area (Å²) in [6, 6.07) is 12.5. The number of hydrogen-bond donors (Lipinski definition) is 1. The van der Waals surface area contributed by atoms with E-state index in [1.54, 1.807) is 16.7 Å². The lowest BCUT2D eigenvalue weighted by molar-refractivity contribution is 0.168. The highest BCUT2D eigenvalue weighted by Gasteiger charge is 2.20. The van der Waals surface area contributed by atoms with E-state index in [0.29, 0.717) is 17.8 Å². The van der Waals surface area contributed by atoms with Crippen LogP contribution in [0.3, 0.4) is 0 Å². The lowest BCUT2D eigenvalue weighted by atomic mass is 10.1. The molecule has 1 atom stereocenters. The Morgan fingerprint density at radius 2 is 1.95 bits per heavy atom. The quantitative estimate of drug-likeness (QED) is 0.789. The van der Waals surface area contributed by atoms with Crippen LogP contribution < -0.4 is 0 Å². The lowest BCUT2D eigenvalue weighted by Gasteiger charge is -2.10. The number of aromatic nitrogens is 2. The first-order valence-corrected chi connectivity index (χ1v) is 6.62. The van der Waals surface area contributed by atoms with Crippen LogP contribution in [0.2, 0.25) is 0 Å². The molecule has 0 saturated carbocycles. The maximum absolute atomic E-state index is 13.9. The molecule has 4 heteroatoms. The number of nitrogens with zero attached hydrogens (tertiary/aromatic N) is 2. The van der Waals surface area contributed by atoms with Crippen molar-refractivity contribution in [3.63, 3.8) is 0 Å². The average Bonchev–Trinajstić information content (AvgIpc) is 2.88. The van der Waals surface area contributed by atoms with Crippen LogP contribution in [0.15, 0.2) is 48.7 Å². The van der Waals surface area contributed by atoms with Crippen molar-refractivity contribution in [2.75, 3.05) is 0 Å². The van der Waals surface area contributed by atoms with Gasteiger partial charge < -0.3 is 5.11 Å². The Bertz CT molecular complexity index is 737. The van der Waals surface area contributed by atoms with Crippen molar-refractivity contribution in [1.82, 2.24) is 9.38 Å². The first-order valence-electron chi connectivity index (χ1n) is 6.62. The van der Waals surface area contributed by atoms with Crippen LogP contribution in [-0.4, -0.2) is 14.5 Å². The zero-order valence-corrected chi connectivity index (χ0v) is 11.1. The molecule has 1 N–H and O–H groups in total. The van der Waals surface area contributed by atoms with Crippen LogP contribution in [0, 0.1) is 5.82 Å². The van der Waals surface area contributed by atoms with Gasteiger partial charge in [-0.25, -0.2) is 9.37 Å². The third-order valence-corrected chi connectivity index (χ3v) is 3.39. The Morgan fingerprint density at radius 3 is 2.65 bits per heavy atom. The first kappa shape index (κ1) is 12.8. The fourth-order valence-electron chi connectivity index (χ4n) is 2.37. The highest BCUT2D eigenvalue weighted by atomic mass is 19.1. The van der Waals surface area contributed by atoms with Crippen molar-refractivity contribution < 1.29 is 9.50 Å². The smallest absolute Gasteiger partial charge is 0.174 e. The summed E-state index contributed by atoms with van der Waals surface area (Å²) in [4.78, 5) is 4.38. The molecule has 0 aliphatic carbocycles. The van der Waals surface area contributed by atoms with Gasteiger partial charge in [-0.2, -0.15) is 0 Å². The maximum Gasteiger partial charge on any atom is 0.174 e. The molecule has 2 heterocycles. The van der Waals surface area contributed by atoms with E-state index in [4.69, 9.17) is 0 Å². The van der Waals surface area contributed by atoms with Crippen LogP contribution in [0.4, 0.5) is 4.39 Å². The number of imidazole rings is 1. The summed E-state index contributed by atoms with van der Waals surface area (Å²) >= 11 is 0. The van der Waals surface area contributed by atoms with Gasteiger partial charge >= 0.3 is 0 Å². The van der Waals surface area contributed by atoms with E-state index in [-0.39, 0.29) is 11.5 Å². The van der Waals surface area contributed by atoms with E-state index in [1.807, 2.05) is 37.3 Å². The topological polar surface area (TPSA) is 37.5 Å². The number of pyridine rings is 1. The van der Waals surface area contributed by atoms with Gasteiger partial charge in [0, 0.05) is 11.8 Å². The third kappa shape index (κ3) is 1.98. The monoisotopic (exact) mass is 270 g/mol. The second kappa shape index (κ2) is 5.06. The molecule has 102 valence electrons. The van der Waals surface area contributed by atoms with Crippen molar-refractivity contribution in [2.24, 2.45) is 0 Å². The molecule has 0 saturated heterocycles. The molecule has 1 aromatic carbocycles. The predicted octanol–water partition coefficient (Wildman–Crippen LogP) is 3.58. The summed E-state index contributed by atoms with van der Waals surface area (Å²) in [7, 11) is 0. The van der Waals surface area contributed by atoms with Gasteiger partial charge in [0.2, 0.25) is 0 Å². The van der Waals surface area contributed by atoms with E-state index in [1.165, 1.54) is 6.07 Å². The molecule has 0 amide bonds. The van der Waals surface area contributed by atoms with Crippen molar-refractivity contribution in [1.29, 1.82) is 0 Å². The minimum Gasteiger partial charge on any atom is -0.387 e. The number of aliphatic hydroxyl groups excluding tert-OH is 1. The van der Waals surface area contributed by atoms with E-state index >= 15 is 0 Å². The molecule has 0 aliphatic rings. The van der Waals surface area contributed by atoms with E-state index in [0.717, 1.165) is 5.56 Å². The van der Waals surface area contributed by atoms with Crippen molar-refractivity contribution in [2.45, 2.75) is 19.4 Å². The fraction of sp³-hybridized carbons (Fsp3) is 0.188. The van der Waals surface area contributed by atoms with Crippen molar-refractivity contribution in [3.8, 4) is 11.3 Å². The van der Waals surface area contributed by atoms with Gasteiger partial charge in [-0.1, -0.05) is 37.3 Å². The summed E-state index contributed by atoms with van der Waals surface area (Å²) in [6.07, 6.45) is 1.60. The number of halogens is 1. The summed E-state index contributed by atoms with van der Waals surface area (Å²) in [5.74, 6) is -0.390. The standard InChI is InChI=1S/C16H15FN2O/c1-2-13(20)15-14(11-7-4-3-5-8-11)18-16-12(17)9-6-10-19(15)16/h3-10,13,20H,2H2,1H3. The van der Waals surface area contributed by atoms with Gasteiger partial charge in [0.15, 0.2) is 11.5 Å². The second-order valence-electron chi connectivity index (χ2n) is 4.69. The normalized spacial score (nSPS) is 12.8. The Labute approximate surface area is 116 Å². The molecule has 0 spiro atoms. The van der Waals surface area contributed by atoms with Gasteiger partial charge in [0.25, 0.3) is 0 Å². The molecule has 0 radical (unpaired) electrons. The highest BCUT2D eigenvalue weighted by Crippen LogP contribution is 2.30. The Hall–Kier alpha value is -2.20. The minimum atomic E-state index is -0.679. The molecule has 3 nitrogen and oxygen atoms in total. The molecule has 20 heavy (non-hydrogen) atoms. The third-order valence-electron chi connectivity index (χ3n) is 3.39. The van der Waals surface area contributed by atoms with Crippen LogP contribution >= 0.6 is 0 Å². The number of fused-ring (bicyclic) bond motifs is 1. The molecule has 3 aromatic rings. The second-order valence-corrected chi connectivity index (χ2v) is 4.69. The van der Waals surface area contributed by atoms with E-state index in [2.05, 4.69) is 4.98 Å². The number of aliphatic hydroxyl groups is 1. The van der Waals surface area contributed by atoms with Crippen LogP contribution in [0.1, 0.15) is 25.1 Å². The summed E-state index contributed by atoms with van der Waals surface area (Å²) < 4.78 is 15.5. The Kier molecular flexibility index (Phi) is 3.24. The lowest BCUT2D eigenvalue weighted by Crippen LogP contribution is -2.02. The van der Waals surface area contributed by atoms with Crippen LogP contribution in [0.25, 0.3) is 16.9 Å². The van der Waals surface area contributed by atoms with E-state index in [9.17, 15) is 9.50 Å². The Morgan fingerprint density at radius 1 is 1.20 bits per heavy atom. The zero-order valence-electron chi connectivity index (χ0n) is 11.1. The number of benzene rings is 1. The molecule has 3 rings (SSSR count). The fourth-order valence-corrected chi connectivity index (χ4v) is 2.37. The van der Waals surface area contributed by atoms with Gasteiger partial charge in [-0.05, 0) is 18.6 Å². The van der Waals surface area contributed by atoms with Crippen LogP contribution in [0.5, 0.6) is 0 Å². The number of rotatable bonds is 3. The molecule has 1 unspecified atom stereocenters. The van der Waals surface area contributed by atoms with Crippen molar-refractivity contribution in [3.05, 3.63) is 60.2 Å². The summed E-state index contributed by atoms with van der Waals surface area (Å²) in [6.45, 7) is 1.89. The van der Waals surface area contributed by atoms with Crippen LogP contribution in [-0.2, 0) is 0 Å². The average molecular weight is 270 g/mol. The summed E-state index contributed by atoms with van der Waals surface area (Å²) in [5.41, 5.74) is 2.38. The van der Waals surface area contributed by atoms with Gasteiger partial charge in [0.05, 0.1) is 17.5 Å².